The number of nitrogens with one attached hydrogen (secondary N) is 2. The highest BCUT2D eigenvalue weighted by molar-refractivity contribution is 7.14. The zero-order valence-corrected chi connectivity index (χ0v) is 15.9. The van der Waals surface area contributed by atoms with Gasteiger partial charge in [0.1, 0.15) is 0 Å². The maximum Gasteiger partial charge on any atom is 0.224 e. The van der Waals surface area contributed by atoms with Gasteiger partial charge >= 0.3 is 0 Å². The Bertz CT molecular complexity index is 854. The first-order chi connectivity index (χ1) is 12.6. The number of carbonyl (C=O) groups excluding carboxylic acids is 1. The van der Waals surface area contributed by atoms with E-state index in [0.29, 0.717) is 6.42 Å². The molecule has 3 rings (SSSR count). The third-order valence-electron chi connectivity index (χ3n) is 4.03. The van der Waals surface area contributed by atoms with Crippen molar-refractivity contribution < 1.29 is 4.79 Å². The fraction of sp³-hybridized carbons (Fsp3) is 0.238. The second-order valence-corrected chi connectivity index (χ2v) is 7.12. The lowest BCUT2D eigenvalue weighted by Gasteiger charge is -2.05. The van der Waals surface area contributed by atoms with Gasteiger partial charge in [-0.1, -0.05) is 43.2 Å². The van der Waals surface area contributed by atoms with Crippen LogP contribution in [0.1, 0.15) is 31.7 Å². The van der Waals surface area contributed by atoms with Gasteiger partial charge in [-0.05, 0) is 37.6 Å². The monoisotopic (exact) mass is 365 g/mol. The molecule has 3 aromatic rings. The molecular weight excluding hydrogens is 342 g/mol. The number of hydrogen-bond donors (Lipinski definition) is 2. The first kappa shape index (κ1) is 18.1. The van der Waals surface area contributed by atoms with Crippen molar-refractivity contribution in [1.82, 2.24) is 4.98 Å². The highest BCUT2D eigenvalue weighted by Gasteiger charge is 2.06. The zero-order valence-electron chi connectivity index (χ0n) is 15.1. The largest absolute Gasteiger partial charge is 0.332 e. The highest BCUT2D eigenvalue weighted by atomic mass is 32.1. The van der Waals surface area contributed by atoms with Crippen LogP contribution in [0.2, 0.25) is 0 Å². The summed E-state index contributed by atoms with van der Waals surface area (Å²) in [6.07, 6.45) is 2.51. The number of rotatable bonds is 7. The molecule has 5 heteroatoms. The molecule has 0 unspecified atom stereocenters. The van der Waals surface area contributed by atoms with Crippen LogP contribution in [-0.2, 0) is 4.79 Å². The van der Waals surface area contributed by atoms with Crippen LogP contribution in [0.3, 0.4) is 0 Å². The number of thiazole rings is 1. The Morgan fingerprint density at radius 2 is 1.73 bits per heavy atom. The minimum atomic E-state index is 0.0674. The molecule has 0 saturated heterocycles. The molecular formula is C21H23N3OS. The van der Waals surface area contributed by atoms with Gasteiger partial charge in [0.2, 0.25) is 5.91 Å². The lowest BCUT2D eigenvalue weighted by molar-refractivity contribution is -0.116. The molecule has 1 heterocycles. The molecule has 0 radical (unpaired) electrons. The molecule has 0 saturated carbocycles. The van der Waals surface area contributed by atoms with E-state index in [1.165, 1.54) is 5.56 Å². The molecule has 2 aromatic carbocycles. The highest BCUT2D eigenvalue weighted by Crippen LogP contribution is 2.28. The van der Waals surface area contributed by atoms with Crippen molar-refractivity contribution in [3.8, 4) is 11.3 Å². The lowest BCUT2D eigenvalue weighted by Crippen LogP contribution is -2.10. The number of aromatic nitrogens is 1. The fourth-order valence-corrected chi connectivity index (χ4v) is 3.25. The Balaban J connectivity index is 1.63. The number of anilines is 3. The maximum absolute atomic E-state index is 11.8. The van der Waals surface area contributed by atoms with Crippen molar-refractivity contribution in [1.29, 1.82) is 0 Å². The summed E-state index contributed by atoms with van der Waals surface area (Å²) in [4.78, 5) is 16.4. The van der Waals surface area contributed by atoms with Crippen LogP contribution >= 0.6 is 11.3 Å². The lowest BCUT2D eigenvalue weighted by atomic mass is 10.1. The van der Waals surface area contributed by atoms with Gasteiger partial charge in [-0.25, -0.2) is 4.98 Å². The fourth-order valence-electron chi connectivity index (χ4n) is 2.51. The number of benzene rings is 2. The van der Waals surface area contributed by atoms with Gasteiger partial charge in [0.15, 0.2) is 5.13 Å². The van der Waals surface area contributed by atoms with Crippen LogP contribution in [0.15, 0.2) is 53.9 Å². The van der Waals surface area contributed by atoms with E-state index >= 15 is 0 Å². The summed E-state index contributed by atoms with van der Waals surface area (Å²) in [5.74, 6) is 0.0674. The first-order valence-corrected chi connectivity index (χ1v) is 9.71. The number of hydrogen-bond acceptors (Lipinski definition) is 4. The van der Waals surface area contributed by atoms with Gasteiger partial charge in [-0.15, -0.1) is 11.3 Å². The van der Waals surface area contributed by atoms with E-state index < -0.39 is 0 Å². The Morgan fingerprint density at radius 3 is 2.42 bits per heavy atom. The summed E-state index contributed by atoms with van der Waals surface area (Å²) in [5.41, 5.74) is 5.04. The van der Waals surface area contributed by atoms with Crippen molar-refractivity contribution in [2.75, 3.05) is 10.6 Å². The van der Waals surface area contributed by atoms with E-state index in [0.717, 1.165) is 40.6 Å². The molecule has 0 atom stereocenters. The van der Waals surface area contributed by atoms with Gasteiger partial charge < -0.3 is 10.6 Å². The van der Waals surface area contributed by atoms with Crippen LogP contribution in [0.25, 0.3) is 11.3 Å². The van der Waals surface area contributed by atoms with Crippen molar-refractivity contribution >= 4 is 33.8 Å². The van der Waals surface area contributed by atoms with Crippen LogP contribution in [0.4, 0.5) is 16.5 Å². The molecule has 0 aliphatic heterocycles. The van der Waals surface area contributed by atoms with Crippen LogP contribution < -0.4 is 10.6 Å². The summed E-state index contributed by atoms with van der Waals surface area (Å²) >= 11 is 1.58. The topological polar surface area (TPSA) is 54.0 Å². The summed E-state index contributed by atoms with van der Waals surface area (Å²) < 4.78 is 0. The molecule has 26 heavy (non-hydrogen) atoms. The molecule has 134 valence electrons. The molecule has 0 bridgehead atoms. The van der Waals surface area contributed by atoms with Crippen LogP contribution in [0, 0.1) is 6.92 Å². The number of nitrogens with zero attached hydrogens (tertiary/aromatic N) is 1. The number of carbonyl (C=O) groups is 1. The van der Waals surface area contributed by atoms with E-state index in [9.17, 15) is 4.79 Å². The van der Waals surface area contributed by atoms with Gasteiger partial charge in [0.05, 0.1) is 5.69 Å². The Labute approximate surface area is 158 Å². The molecule has 0 aliphatic carbocycles. The smallest absolute Gasteiger partial charge is 0.224 e. The Hall–Kier alpha value is -2.66. The summed E-state index contributed by atoms with van der Waals surface area (Å²) in [6.45, 7) is 4.15. The van der Waals surface area contributed by atoms with Crippen LogP contribution in [-0.4, -0.2) is 10.9 Å². The van der Waals surface area contributed by atoms with E-state index in [1.807, 2.05) is 41.8 Å². The molecule has 0 fully saturated rings. The van der Waals surface area contributed by atoms with Crippen molar-refractivity contribution in [2.24, 2.45) is 0 Å². The molecule has 0 spiro atoms. The van der Waals surface area contributed by atoms with E-state index in [-0.39, 0.29) is 5.91 Å². The average molecular weight is 366 g/mol. The van der Waals surface area contributed by atoms with Crippen molar-refractivity contribution in [3.63, 3.8) is 0 Å². The van der Waals surface area contributed by atoms with Crippen LogP contribution in [0.5, 0.6) is 0 Å². The van der Waals surface area contributed by atoms with Crippen molar-refractivity contribution in [2.45, 2.75) is 33.1 Å². The summed E-state index contributed by atoms with van der Waals surface area (Å²) in [7, 11) is 0. The number of aryl methyl sites for hydroxylation is 1. The van der Waals surface area contributed by atoms with Crippen molar-refractivity contribution in [3.05, 3.63) is 59.5 Å². The SMILES string of the molecule is CCCCC(=O)Nc1ccc(-c2csc(Nc3ccc(C)cc3)n2)cc1. The third kappa shape index (κ3) is 4.92. The molecule has 4 nitrogen and oxygen atoms in total. The number of amides is 1. The van der Waals surface area contributed by atoms with Gasteiger partial charge in [0.25, 0.3) is 0 Å². The third-order valence-corrected chi connectivity index (χ3v) is 4.79. The number of unbranched alkanes of at least 4 members (excludes halogenated alkanes) is 1. The molecule has 1 amide bonds. The second-order valence-electron chi connectivity index (χ2n) is 6.26. The minimum Gasteiger partial charge on any atom is -0.332 e. The molecule has 0 aliphatic rings. The minimum absolute atomic E-state index is 0.0674. The predicted molar refractivity (Wildman–Crippen MR) is 110 cm³/mol. The summed E-state index contributed by atoms with van der Waals surface area (Å²) in [5, 5.41) is 9.15. The van der Waals surface area contributed by atoms with Gasteiger partial charge in [0, 0.05) is 28.7 Å². The zero-order chi connectivity index (χ0) is 18.4. The molecule has 2 N–H and O–H groups in total. The van der Waals surface area contributed by atoms with E-state index in [1.54, 1.807) is 11.3 Å². The first-order valence-electron chi connectivity index (χ1n) is 8.83. The Morgan fingerprint density at radius 1 is 1.04 bits per heavy atom. The quantitative estimate of drug-likeness (QED) is 0.540. The van der Waals surface area contributed by atoms with E-state index in [2.05, 4.69) is 41.6 Å². The maximum atomic E-state index is 11.8. The van der Waals surface area contributed by atoms with Gasteiger partial charge in [-0.2, -0.15) is 0 Å². The normalized spacial score (nSPS) is 10.5. The second kappa shape index (κ2) is 8.63. The van der Waals surface area contributed by atoms with Gasteiger partial charge in [-0.3, -0.25) is 4.79 Å². The standard InChI is InChI=1S/C21H23N3OS/c1-3-4-5-20(25)22-17-12-8-16(9-13-17)19-14-26-21(24-19)23-18-10-6-15(2)7-11-18/h6-14H,3-5H2,1-2H3,(H,22,25)(H,23,24). The van der Waals surface area contributed by atoms with E-state index in [4.69, 9.17) is 0 Å². The average Bonchev–Trinajstić information content (AvgIpc) is 3.11. The summed E-state index contributed by atoms with van der Waals surface area (Å²) in [6, 6.07) is 16.1. The molecule has 1 aromatic heterocycles. The Kier molecular flexibility index (Phi) is 6.02. The predicted octanol–water partition coefficient (Wildman–Crippen LogP) is 5.99.